The number of likely N-dealkylation sites (N-methyl/N-ethyl adjacent to an activating group) is 1. The summed E-state index contributed by atoms with van der Waals surface area (Å²) in [7, 11) is 0. The Bertz CT molecular complexity index is 400. The summed E-state index contributed by atoms with van der Waals surface area (Å²) in [6, 6.07) is 8.49. The van der Waals surface area contributed by atoms with Crippen LogP contribution in [0.3, 0.4) is 0 Å². The van der Waals surface area contributed by atoms with Crippen LogP contribution < -0.4 is 5.73 Å². The fourth-order valence-corrected chi connectivity index (χ4v) is 2.78. The molecule has 20 heavy (non-hydrogen) atoms. The van der Waals surface area contributed by atoms with Crippen molar-refractivity contribution in [3.63, 3.8) is 0 Å². The molecule has 0 aliphatic rings. The number of aliphatic hydroxyl groups is 1. The second-order valence-corrected chi connectivity index (χ2v) is 6.86. The topological polar surface area (TPSA) is 49.5 Å². The van der Waals surface area contributed by atoms with Gasteiger partial charge in [-0.25, -0.2) is 0 Å². The van der Waals surface area contributed by atoms with Crippen LogP contribution >= 0.6 is 15.9 Å². The highest BCUT2D eigenvalue weighted by Crippen LogP contribution is 2.27. The van der Waals surface area contributed by atoms with Crippen LogP contribution in [-0.2, 0) is 0 Å². The molecule has 0 heterocycles. The Hall–Kier alpha value is -0.420. The standard InChI is InChI=1S/C16H27BrN2O/c1-5-14(18)15(12-7-9-13(17)10-8-12)19(6-2)11-16(3,4)20/h7-10,14-15,20H,5-6,11,18H2,1-4H3. The largest absolute Gasteiger partial charge is 0.389 e. The van der Waals surface area contributed by atoms with Gasteiger partial charge in [0, 0.05) is 23.1 Å². The molecule has 0 amide bonds. The van der Waals surface area contributed by atoms with Crippen molar-refractivity contribution in [1.29, 1.82) is 0 Å². The van der Waals surface area contributed by atoms with Crippen molar-refractivity contribution >= 4 is 15.9 Å². The maximum atomic E-state index is 10.1. The first-order valence-electron chi connectivity index (χ1n) is 7.26. The fourth-order valence-electron chi connectivity index (χ4n) is 2.52. The second kappa shape index (κ2) is 7.55. The number of nitrogens with zero attached hydrogens (tertiary/aromatic N) is 1. The molecule has 1 aromatic rings. The summed E-state index contributed by atoms with van der Waals surface area (Å²) in [5.41, 5.74) is 6.82. The Labute approximate surface area is 131 Å². The zero-order valence-electron chi connectivity index (χ0n) is 12.9. The lowest BCUT2D eigenvalue weighted by atomic mass is 9.95. The first-order chi connectivity index (χ1) is 9.28. The van der Waals surface area contributed by atoms with Gasteiger partial charge in [0.05, 0.1) is 5.60 Å². The first-order valence-corrected chi connectivity index (χ1v) is 8.05. The molecule has 114 valence electrons. The lowest BCUT2D eigenvalue weighted by Gasteiger charge is -2.38. The number of benzene rings is 1. The minimum absolute atomic E-state index is 0.0541. The number of hydrogen-bond acceptors (Lipinski definition) is 3. The van der Waals surface area contributed by atoms with E-state index in [1.54, 1.807) is 0 Å². The lowest BCUT2D eigenvalue weighted by molar-refractivity contribution is 0.0174. The Morgan fingerprint density at radius 3 is 2.20 bits per heavy atom. The fraction of sp³-hybridized carbons (Fsp3) is 0.625. The van der Waals surface area contributed by atoms with Crippen molar-refractivity contribution in [2.24, 2.45) is 5.73 Å². The van der Waals surface area contributed by atoms with E-state index >= 15 is 0 Å². The molecule has 0 radical (unpaired) electrons. The molecule has 1 aromatic carbocycles. The van der Waals surface area contributed by atoms with E-state index in [4.69, 9.17) is 5.73 Å². The van der Waals surface area contributed by atoms with E-state index < -0.39 is 5.60 Å². The van der Waals surface area contributed by atoms with Crippen LogP contribution in [0.4, 0.5) is 0 Å². The number of halogens is 1. The molecule has 0 aliphatic heterocycles. The van der Waals surface area contributed by atoms with E-state index in [-0.39, 0.29) is 12.1 Å². The number of rotatable bonds is 7. The van der Waals surface area contributed by atoms with Crippen molar-refractivity contribution in [2.45, 2.75) is 51.8 Å². The van der Waals surface area contributed by atoms with Gasteiger partial charge in [-0.05, 0) is 44.5 Å². The van der Waals surface area contributed by atoms with Gasteiger partial charge in [0.25, 0.3) is 0 Å². The van der Waals surface area contributed by atoms with E-state index in [1.165, 1.54) is 5.56 Å². The minimum atomic E-state index is -0.725. The Balaban J connectivity index is 3.07. The molecule has 3 nitrogen and oxygen atoms in total. The quantitative estimate of drug-likeness (QED) is 0.799. The zero-order chi connectivity index (χ0) is 15.3. The average molecular weight is 343 g/mol. The van der Waals surface area contributed by atoms with Gasteiger partial charge in [-0.15, -0.1) is 0 Å². The van der Waals surface area contributed by atoms with Crippen molar-refractivity contribution in [2.75, 3.05) is 13.1 Å². The molecule has 3 N–H and O–H groups in total. The molecule has 1 rings (SSSR count). The summed E-state index contributed by atoms with van der Waals surface area (Å²) >= 11 is 3.47. The van der Waals surface area contributed by atoms with Crippen molar-refractivity contribution in [1.82, 2.24) is 4.90 Å². The molecule has 0 aromatic heterocycles. The van der Waals surface area contributed by atoms with E-state index in [0.29, 0.717) is 6.54 Å². The average Bonchev–Trinajstić information content (AvgIpc) is 2.38. The Morgan fingerprint density at radius 2 is 1.80 bits per heavy atom. The molecule has 0 spiro atoms. The summed E-state index contributed by atoms with van der Waals surface area (Å²) < 4.78 is 1.07. The van der Waals surface area contributed by atoms with Gasteiger partial charge in [0.1, 0.15) is 0 Å². The van der Waals surface area contributed by atoms with Crippen LogP contribution in [0.25, 0.3) is 0 Å². The van der Waals surface area contributed by atoms with Crippen molar-refractivity contribution < 1.29 is 5.11 Å². The molecule has 4 heteroatoms. The Kier molecular flexibility index (Phi) is 6.65. The zero-order valence-corrected chi connectivity index (χ0v) is 14.5. The number of hydrogen-bond donors (Lipinski definition) is 2. The highest BCUT2D eigenvalue weighted by Gasteiger charge is 2.28. The Morgan fingerprint density at radius 1 is 1.25 bits per heavy atom. The summed E-state index contributed by atoms with van der Waals surface area (Å²) in [5, 5.41) is 10.1. The van der Waals surface area contributed by atoms with E-state index in [0.717, 1.165) is 17.4 Å². The highest BCUT2D eigenvalue weighted by atomic mass is 79.9. The van der Waals surface area contributed by atoms with Crippen LogP contribution in [0.2, 0.25) is 0 Å². The van der Waals surface area contributed by atoms with E-state index in [9.17, 15) is 5.11 Å². The van der Waals surface area contributed by atoms with E-state index in [1.807, 2.05) is 26.0 Å². The van der Waals surface area contributed by atoms with Gasteiger partial charge in [0.2, 0.25) is 0 Å². The van der Waals surface area contributed by atoms with Crippen molar-refractivity contribution in [3.05, 3.63) is 34.3 Å². The second-order valence-electron chi connectivity index (χ2n) is 5.94. The van der Waals surface area contributed by atoms with Crippen LogP contribution in [-0.4, -0.2) is 34.7 Å². The summed E-state index contributed by atoms with van der Waals surface area (Å²) in [5.74, 6) is 0. The van der Waals surface area contributed by atoms with Crippen LogP contribution in [0.15, 0.2) is 28.7 Å². The third-order valence-corrected chi connectivity index (χ3v) is 4.01. The van der Waals surface area contributed by atoms with E-state index in [2.05, 4.69) is 46.8 Å². The minimum Gasteiger partial charge on any atom is -0.389 e. The third kappa shape index (κ3) is 5.17. The molecule has 2 unspecified atom stereocenters. The van der Waals surface area contributed by atoms with Gasteiger partial charge in [-0.2, -0.15) is 0 Å². The monoisotopic (exact) mass is 342 g/mol. The van der Waals surface area contributed by atoms with Gasteiger partial charge < -0.3 is 10.8 Å². The third-order valence-electron chi connectivity index (χ3n) is 3.48. The molecule has 2 atom stereocenters. The van der Waals surface area contributed by atoms with Crippen LogP contribution in [0, 0.1) is 0 Å². The van der Waals surface area contributed by atoms with Gasteiger partial charge in [-0.3, -0.25) is 4.90 Å². The predicted octanol–water partition coefficient (Wildman–Crippen LogP) is 3.32. The van der Waals surface area contributed by atoms with Crippen molar-refractivity contribution in [3.8, 4) is 0 Å². The first kappa shape index (κ1) is 17.6. The molecular weight excluding hydrogens is 316 g/mol. The predicted molar refractivity (Wildman–Crippen MR) is 88.7 cm³/mol. The summed E-state index contributed by atoms with van der Waals surface area (Å²) in [6.07, 6.45) is 0.906. The summed E-state index contributed by atoms with van der Waals surface area (Å²) in [4.78, 5) is 2.26. The maximum Gasteiger partial charge on any atom is 0.0718 e. The molecule has 0 saturated carbocycles. The number of nitrogens with two attached hydrogens (primary N) is 1. The normalized spacial score (nSPS) is 15.4. The maximum absolute atomic E-state index is 10.1. The van der Waals surface area contributed by atoms with Crippen LogP contribution in [0.5, 0.6) is 0 Å². The molecule has 0 bridgehead atoms. The molecule has 0 saturated heterocycles. The van der Waals surface area contributed by atoms with Gasteiger partial charge in [-0.1, -0.05) is 41.9 Å². The molecule has 0 aliphatic carbocycles. The lowest BCUT2D eigenvalue weighted by Crippen LogP contribution is -2.46. The van der Waals surface area contributed by atoms with Crippen LogP contribution in [0.1, 0.15) is 45.7 Å². The smallest absolute Gasteiger partial charge is 0.0718 e. The van der Waals surface area contributed by atoms with Gasteiger partial charge >= 0.3 is 0 Å². The SMILES string of the molecule is CCC(N)C(c1ccc(Br)cc1)N(CC)CC(C)(C)O. The summed E-state index contributed by atoms with van der Waals surface area (Å²) in [6.45, 7) is 9.36. The van der Waals surface area contributed by atoms with Gasteiger partial charge in [0.15, 0.2) is 0 Å². The molecular formula is C16H27BrN2O. The molecule has 0 fully saturated rings. The highest BCUT2D eigenvalue weighted by molar-refractivity contribution is 9.10.